The van der Waals surface area contributed by atoms with Gasteiger partial charge in [-0.05, 0) is 68.5 Å². The van der Waals surface area contributed by atoms with Crippen LogP contribution in [0.25, 0.3) is 11.1 Å². The van der Waals surface area contributed by atoms with Crippen molar-refractivity contribution in [3.8, 4) is 16.9 Å². The molecular weight excluding hydrogens is 410 g/mol. The molecule has 0 aliphatic rings. The number of carbonyl (C=O) groups is 2. The summed E-state index contributed by atoms with van der Waals surface area (Å²) in [5.74, 6) is -0.120. The van der Waals surface area contributed by atoms with Crippen molar-refractivity contribution in [2.24, 2.45) is 0 Å². The highest BCUT2D eigenvalue weighted by atomic mass is 32.1. The Hall–Kier alpha value is -3.12. The van der Waals surface area contributed by atoms with Crippen LogP contribution in [0, 0.1) is 27.7 Å². The summed E-state index contributed by atoms with van der Waals surface area (Å²) in [5, 5.41) is 5.16. The van der Waals surface area contributed by atoms with Crippen molar-refractivity contribution in [1.29, 1.82) is 0 Å². The van der Waals surface area contributed by atoms with E-state index in [1.165, 1.54) is 16.9 Å². The summed E-state index contributed by atoms with van der Waals surface area (Å²) >= 11 is 1.30. The molecule has 3 aromatic rings. The molecule has 0 radical (unpaired) electrons. The Bertz CT molecular complexity index is 1120. The van der Waals surface area contributed by atoms with Crippen molar-refractivity contribution >= 4 is 28.2 Å². The Morgan fingerprint density at radius 3 is 2.42 bits per heavy atom. The van der Waals surface area contributed by atoms with E-state index >= 15 is 0 Å². The van der Waals surface area contributed by atoms with Crippen molar-refractivity contribution in [3.63, 3.8) is 0 Å². The second kappa shape index (κ2) is 9.79. The van der Waals surface area contributed by atoms with Crippen molar-refractivity contribution < 1.29 is 19.1 Å². The number of thiophene rings is 1. The largest absolute Gasteiger partial charge is 0.483 e. The summed E-state index contributed by atoms with van der Waals surface area (Å²) in [4.78, 5) is 25.3. The number of nitrogens with one attached hydrogen (secondary N) is 1. The van der Waals surface area contributed by atoms with Crippen molar-refractivity contribution in [2.45, 2.75) is 34.6 Å². The van der Waals surface area contributed by atoms with Crippen LogP contribution >= 0.6 is 11.3 Å². The van der Waals surface area contributed by atoms with Gasteiger partial charge in [0.15, 0.2) is 6.61 Å². The predicted molar refractivity (Wildman–Crippen MR) is 125 cm³/mol. The van der Waals surface area contributed by atoms with E-state index in [1.54, 1.807) is 6.92 Å². The van der Waals surface area contributed by atoms with Gasteiger partial charge in [0.1, 0.15) is 16.3 Å². The number of rotatable bonds is 7. The van der Waals surface area contributed by atoms with Gasteiger partial charge in [0.05, 0.1) is 6.61 Å². The summed E-state index contributed by atoms with van der Waals surface area (Å²) in [5.41, 5.74) is 6.35. The SMILES string of the molecule is CCOC(=O)c1c(-c2ccc(C)c(C)c2)csc1NC(=O)COc1cc(C)ccc1C. The minimum absolute atomic E-state index is 0.149. The average molecular weight is 438 g/mol. The summed E-state index contributed by atoms with van der Waals surface area (Å²) in [6.07, 6.45) is 0. The van der Waals surface area contributed by atoms with Gasteiger partial charge in [0.2, 0.25) is 0 Å². The van der Waals surface area contributed by atoms with Gasteiger partial charge in [-0.15, -0.1) is 11.3 Å². The summed E-state index contributed by atoms with van der Waals surface area (Å²) < 4.78 is 11.0. The van der Waals surface area contributed by atoms with Gasteiger partial charge in [0.25, 0.3) is 5.91 Å². The van der Waals surface area contributed by atoms with Crippen LogP contribution in [-0.2, 0) is 9.53 Å². The lowest BCUT2D eigenvalue weighted by Gasteiger charge is -2.11. The first-order chi connectivity index (χ1) is 14.8. The number of ether oxygens (including phenoxy) is 2. The van der Waals surface area contributed by atoms with E-state index in [4.69, 9.17) is 9.47 Å². The molecule has 162 valence electrons. The number of hydrogen-bond donors (Lipinski definition) is 1. The Kier molecular flexibility index (Phi) is 7.13. The maximum atomic E-state index is 12.7. The fourth-order valence-electron chi connectivity index (χ4n) is 3.15. The van der Waals surface area contributed by atoms with E-state index in [0.717, 1.165) is 27.8 Å². The van der Waals surface area contributed by atoms with Crippen LogP contribution in [0.1, 0.15) is 39.5 Å². The van der Waals surface area contributed by atoms with E-state index in [2.05, 4.69) is 5.32 Å². The number of benzene rings is 2. The van der Waals surface area contributed by atoms with Gasteiger partial charge in [0, 0.05) is 10.9 Å². The zero-order valence-electron chi connectivity index (χ0n) is 18.5. The van der Waals surface area contributed by atoms with Crippen LogP contribution in [0.5, 0.6) is 5.75 Å². The molecule has 0 atom stereocenters. The van der Waals surface area contributed by atoms with Gasteiger partial charge in [-0.1, -0.05) is 30.3 Å². The van der Waals surface area contributed by atoms with E-state index in [-0.39, 0.29) is 19.1 Å². The highest BCUT2D eigenvalue weighted by molar-refractivity contribution is 7.15. The smallest absolute Gasteiger partial charge is 0.341 e. The Balaban J connectivity index is 1.84. The van der Waals surface area contributed by atoms with E-state index in [9.17, 15) is 9.59 Å². The monoisotopic (exact) mass is 437 g/mol. The average Bonchev–Trinajstić information content (AvgIpc) is 3.14. The second-order valence-electron chi connectivity index (χ2n) is 7.48. The minimum atomic E-state index is -0.456. The lowest BCUT2D eigenvalue weighted by atomic mass is 9.99. The topological polar surface area (TPSA) is 64.6 Å². The molecule has 1 aromatic heterocycles. The molecule has 31 heavy (non-hydrogen) atoms. The molecule has 0 saturated heterocycles. The van der Waals surface area contributed by atoms with Crippen LogP contribution in [0.15, 0.2) is 41.8 Å². The molecule has 1 amide bonds. The second-order valence-corrected chi connectivity index (χ2v) is 8.36. The normalized spacial score (nSPS) is 10.6. The molecule has 0 saturated carbocycles. The predicted octanol–water partition coefficient (Wildman–Crippen LogP) is 5.84. The first kappa shape index (κ1) is 22.6. The Morgan fingerprint density at radius 1 is 0.968 bits per heavy atom. The van der Waals surface area contributed by atoms with Crippen LogP contribution in [-0.4, -0.2) is 25.1 Å². The Labute approximate surface area is 187 Å². The highest BCUT2D eigenvalue weighted by Gasteiger charge is 2.23. The summed E-state index contributed by atoms with van der Waals surface area (Å²) in [7, 11) is 0. The third kappa shape index (κ3) is 5.33. The molecular formula is C25H27NO4S. The number of esters is 1. The number of aryl methyl sites for hydroxylation is 4. The Morgan fingerprint density at radius 2 is 1.71 bits per heavy atom. The molecule has 0 fully saturated rings. The molecule has 0 spiro atoms. The zero-order valence-corrected chi connectivity index (χ0v) is 19.3. The fraction of sp³-hybridized carbons (Fsp3) is 0.280. The van der Waals surface area contributed by atoms with Gasteiger partial charge < -0.3 is 14.8 Å². The lowest BCUT2D eigenvalue weighted by Crippen LogP contribution is -2.21. The zero-order chi connectivity index (χ0) is 22.5. The molecule has 5 nitrogen and oxygen atoms in total. The molecule has 0 aliphatic heterocycles. The van der Waals surface area contributed by atoms with Crippen LogP contribution in [0.2, 0.25) is 0 Å². The minimum Gasteiger partial charge on any atom is -0.483 e. The quantitative estimate of drug-likeness (QED) is 0.472. The van der Waals surface area contributed by atoms with Crippen LogP contribution in [0.4, 0.5) is 5.00 Å². The third-order valence-electron chi connectivity index (χ3n) is 5.04. The van der Waals surface area contributed by atoms with E-state index in [1.807, 2.05) is 69.5 Å². The van der Waals surface area contributed by atoms with Crippen molar-refractivity contribution in [3.05, 3.63) is 69.6 Å². The van der Waals surface area contributed by atoms with Gasteiger partial charge in [-0.25, -0.2) is 4.79 Å². The molecule has 2 aromatic carbocycles. The highest BCUT2D eigenvalue weighted by Crippen LogP contribution is 2.37. The van der Waals surface area contributed by atoms with Gasteiger partial charge in [-0.3, -0.25) is 4.79 Å². The van der Waals surface area contributed by atoms with Gasteiger partial charge in [-0.2, -0.15) is 0 Å². The number of carbonyl (C=O) groups excluding carboxylic acids is 2. The molecule has 1 heterocycles. The molecule has 3 rings (SSSR count). The fourth-order valence-corrected chi connectivity index (χ4v) is 4.12. The molecule has 6 heteroatoms. The van der Waals surface area contributed by atoms with E-state index < -0.39 is 5.97 Å². The molecule has 0 aliphatic carbocycles. The number of hydrogen-bond acceptors (Lipinski definition) is 5. The first-order valence-electron chi connectivity index (χ1n) is 10.2. The third-order valence-corrected chi connectivity index (χ3v) is 5.94. The molecule has 1 N–H and O–H groups in total. The maximum Gasteiger partial charge on any atom is 0.341 e. The summed E-state index contributed by atoms with van der Waals surface area (Å²) in [6, 6.07) is 11.9. The lowest BCUT2D eigenvalue weighted by molar-refractivity contribution is -0.118. The summed E-state index contributed by atoms with van der Waals surface area (Å²) in [6.45, 7) is 9.84. The van der Waals surface area contributed by atoms with Crippen molar-refractivity contribution in [2.75, 3.05) is 18.5 Å². The van der Waals surface area contributed by atoms with Crippen LogP contribution in [0.3, 0.4) is 0 Å². The van der Waals surface area contributed by atoms with Crippen molar-refractivity contribution in [1.82, 2.24) is 0 Å². The van der Waals surface area contributed by atoms with E-state index in [0.29, 0.717) is 16.3 Å². The number of anilines is 1. The number of amides is 1. The van der Waals surface area contributed by atoms with Crippen LogP contribution < -0.4 is 10.1 Å². The van der Waals surface area contributed by atoms with Gasteiger partial charge >= 0.3 is 5.97 Å². The molecule has 0 bridgehead atoms. The first-order valence-corrected chi connectivity index (χ1v) is 11.0. The standard InChI is InChI=1S/C25H27NO4S/c1-6-29-25(28)23-20(19-10-9-16(3)18(5)12-19)14-31-24(23)26-22(27)13-30-21-11-15(2)7-8-17(21)4/h7-12,14H,6,13H2,1-5H3,(H,26,27). The molecule has 0 unspecified atom stereocenters. The maximum absolute atomic E-state index is 12.7.